The molecule has 0 unspecified atom stereocenters. The highest BCUT2D eigenvalue weighted by atomic mass is 16.1. The van der Waals surface area contributed by atoms with Crippen LogP contribution in [0.1, 0.15) is 52.4 Å². The van der Waals surface area contributed by atoms with Crippen LogP contribution in [0.15, 0.2) is 0 Å². The molecule has 0 aromatic heterocycles. The lowest BCUT2D eigenvalue weighted by atomic mass is 9.93. The van der Waals surface area contributed by atoms with Crippen molar-refractivity contribution in [1.29, 1.82) is 0 Å². The van der Waals surface area contributed by atoms with Crippen LogP contribution in [0.3, 0.4) is 0 Å². The fraction of sp³-hybridized carbons (Fsp3) is 0.933. The zero-order valence-corrected chi connectivity index (χ0v) is 12.5. The van der Waals surface area contributed by atoms with Crippen molar-refractivity contribution >= 4 is 5.91 Å². The molecule has 2 rings (SSSR count). The van der Waals surface area contributed by atoms with E-state index < -0.39 is 0 Å². The van der Waals surface area contributed by atoms with Crippen LogP contribution in [-0.2, 0) is 4.79 Å². The van der Waals surface area contributed by atoms with Crippen LogP contribution in [0.2, 0.25) is 0 Å². The number of piperazine rings is 1. The summed E-state index contributed by atoms with van der Waals surface area (Å²) in [6, 6.07) is 0.431. The van der Waals surface area contributed by atoms with Gasteiger partial charge in [-0.25, -0.2) is 0 Å². The minimum atomic E-state index is -0.0269. The van der Waals surface area contributed by atoms with Gasteiger partial charge in [0.05, 0.1) is 0 Å². The molecule has 110 valence electrons. The van der Waals surface area contributed by atoms with Gasteiger partial charge in [-0.2, -0.15) is 0 Å². The number of carbonyl (C=O) groups is 1. The number of nitrogens with one attached hydrogen (secondary N) is 2. The van der Waals surface area contributed by atoms with E-state index in [1.54, 1.807) is 0 Å². The molecule has 2 fully saturated rings. The van der Waals surface area contributed by atoms with Crippen LogP contribution in [-0.4, -0.2) is 48.6 Å². The Balaban J connectivity index is 1.79. The number of carbonyl (C=O) groups excluding carboxylic acids is 1. The molecule has 4 heteroatoms. The molecule has 0 spiro atoms. The van der Waals surface area contributed by atoms with Gasteiger partial charge in [-0.3, -0.25) is 9.69 Å². The Labute approximate surface area is 117 Å². The third kappa shape index (κ3) is 4.46. The zero-order valence-electron chi connectivity index (χ0n) is 12.5. The van der Waals surface area contributed by atoms with Gasteiger partial charge < -0.3 is 10.6 Å². The molecule has 19 heavy (non-hydrogen) atoms. The van der Waals surface area contributed by atoms with E-state index in [2.05, 4.69) is 29.4 Å². The van der Waals surface area contributed by atoms with Gasteiger partial charge in [-0.15, -0.1) is 0 Å². The highest BCUT2D eigenvalue weighted by molar-refractivity contribution is 5.77. The largest absolute Gasteiger partial charge is 0.353 e. The fourth-order valence-electron chi connectivity index (χ4n) is 3.30. The van der Waals surface area contributed by atoms with E-state index in [1.165, 1.54) is 32.1 Å². The number of hydrogen-bond acceptors (Lipinski definition) is 3. The average Bonchev–Trinajstić information content (AvgIpc) is 2.40. The van der Waals surface area contributed by atoms with Crippen LogP contribution in [0.5, 0.6) is 0 Å². The number of amides is 1. The summed E-state index contributed by atoms with van der Waals surface area (Å²) in [5, 5.41) is 6.60. The predicted octanol–water partition coefficient (Wildman–Crippen LogP) is 1.51. The molecule has 0 aromatic carbocycles. The molecule has 0 atom stereocenters. The summed E-state index contributed by atoms with van der Waals surface area (Å²) in [5.74, 6) is 0.232. The van der Waals surface area contributed by atoms with Crippen LogP contribution in [0.4, 0.5) is 0 Å². The van der Waals surface area contributed by atoms with Crippen molar-refractivity contribution in [1.82, 2.24) is 15.5 Å². The third-order valence-corrected chi connectivity index (χ3v) is 4.54. The maximum atomic E-state index is 12.2. The van der Waals surface area contributed by atoms with Crippen molar-refractivity contribution in [3.8, 4) is 0 Å². The quantitative estimate of drug-likeness (QED) is 0.811. The Kier molecular flexibility index (Phi) is 5.22. The van der Waals surface area contributed by atoms with Crippen LogP contribution in [0, 0.1) is 0 Å². The Morgan fingerprint density at radius 1 is 1.21 bits per heavy atom. The van der Waals surface area contributed by atoms with Crippen molar-refractivity contribution in [2.45, 2.75) is 64.0 Å². The van der Waals surface area contributed by atoms with Gasteiger partial charge >= 0.3 is 0 Å². The smallest absolute Gasteiger partial charge is 0.222 e. The zero-order chi connectivity index (χ0) is 13.7. The molecule has 1 heterocycles. The van der Waals surface area contributed by atoms with Gasteiger partial charge in [0.15, 0.2) is 0 Å². The molecule has 1 saturated carbocycles. The van der Waals surface area contributed by atoms with E-state index in [4.69, 9.17) is 0 Å². The molecule has 2 N–H and O–H groups in total. The molecule has 0 bridgehead atoms. The van der Waals surface area contributed by atoms with E-state index >= 15 is 0 Å². The van der Waals surface area contributed by atoms with Gasteiger partial charge in [-0.05, 0) is 26.7 Å². The molecule has 4 nitrogen and oxygen atoms in total. The topological polar surface area (TPSA) is 44.4 Å². The number of nitrogens with zero attached hydrogens (tertiary/aromatic N) is 1. The molecular formula is C15H29N3O. The standard InChI is InChI=1S/C15H29N3O/c1-15(2,18-10-8-16-9-11-18)12-14(19)17-13-6-4-3-5-7-13/h13,16H,3-12H2,1-2H3,(H,17,19). The third-order valence-electron chi connectivity index (χ3n) is 4.54. The molecule has 0 radical (unpaired) electrons. The molecular weight excluding hydrogens is 238 g/mol. The second-order valence-electron chi connectivity index (χ2n) is 6.63. The Morgan fingerprint density at radius 2 is 1.84 bits per heavy atom. The first-order chi connectivity index (χ1) is 9.08. The maximum absolute atomic E-state index is 12.2. The first-order valence-electron chi connectivity index (χ1n) is 7.83. The van der Waals surface area contributed by atoms with E-state index in [0.717, 1.165) is 26.2 Å². The summed E-state index contributed by atoms with van der Waals surface area (Å²) in [6.45, 7) is 8.55. The Morgan fingerprint density at radius 3 is 2.47 bits per heavy atom. The lowest BCUT2D eigenvalue weighted by Gasteiger charge is -2.41. The van der Waals surface area contributed by atoms with Crippen LogP contribution >= 0.6 is 0 Å². The van der Waals surface area contributed by atoms with E-state index in [-0.39, 0.29) is 11.4 Å². The first-order valence-corrected chi connectivity index (χ1v) is 7.83. The van der Waals surface area contributed by atoms with E-state index in [9.17, 15) is 4.79 Å². The predicted molar refractivity (Wildman–Crippen MR) is 78.2 cm³/mol. The average molecular weight is 267 g/mol. The van der Waals surface area contributed by atoms with Crippen LogP contribution in [0.25, 0.3) is 0 Å². The van der Waals surface area contributed by atoms with Crippen molar-refractivity contribution < 1.29 is 4.79 Å². The SMILES string of the molecule is CC(C)(CC(=O)NC1CCCCC1)N1CCNCC1. The summed E-state index contributed by atoms with van der Waals surface area (Å²) in [4.78, 5) is 14.7. The van der Waals surface area contributed by atoms with E-state index in [1.807, 2.05) is 0 Å². The lowest BCUT2D eigenvalue weighted by Crippen LogP contribution is -2.55. The van der Waals surface area contributed by atoms with Crippen molar-refractivity contribution in [2.75, 3.05) is 26.2 Å². The van der Waals surface area contributed by atoms with Gasteiger partial charge in [0.25, 0.3) is 0 Å². The Bertz CT molecular complexity index is 292. The minimum absolute atomic E-state index is 0.0269. The molecule has 1 aliphatic carbocycles. The summed E-state index contributed by atoms with van der Waals surface area (Å²) in [7, 11) is 0. The summed E-state index contributed by atoms with van der Waals surface area (Å²) in [6.07, 6.45) is 6.82. The monoisotopic (exact) mass is 267 g/mol. The van der Waals surface area contributed by atoms with Gasteiger partial charge in [0, 0.05) is 44.2 Å². The second kappa shape index (κ2) is 6.71. The molecule has 0 aromatic rings. The summed E-state index contributed by atoms with van der Waals surface area (Å²) in [5.41, 5.74) is -0.0269. The minimum Gasteiger partial charge on any atom is -0.353 e. The molecule has 1 aliphatic heterocycles. The highest BCUT2D eigenvalue weighted by Crippen LogP contribution is 2.21. The van der Waals surface area contributed by atoms with E-state index in [0.29, 0.717) is 12.5 Å². The lowest BCUT2D eigenvalue weighted by molar-refractivity contribution is -0.124. The van der Waals surface area contributed by atoms with Gasteiger partial charge in [-0.1, -0.05) is 19.3 Å². The van der Waals surface area contributed by atoms with Crippen molar-refractivity contribution in [2.24, 2.45) is 0 Å². The van der Waals surface area contributed by atoms with Gasteiger partial charge in [0.2, 0.25) is 5.91 Å². The number of hydrogen-bond donors (Lipinski definition) is 2. The van der Waals surface area contributed by atoms with Gasteiger partial charge in [0.1, 0.15) is 0 Å². The Hall–Kier alpha value is -0.610. The maximum Gasteiger partial charge on any atom is 0.222 e. The molecule has 2 aliphatic rings. The molecule has 1 amide bonds. The second-order valence-corrected chi connectivity index (χ2v) is 6.63. The van der Waals surface area contributed by atoms with Crippen molar-refractivity contribution in [3.05, 3.63) is 0 Å². The first kappa shape index (κ1) is 14.8. The number of rotatable bonds is 4. The molecule has 1 saturated heterocycles. The highest BCUT2D eigenvalue weighted by Gasteiger charge is 2.30. The summed E-state index contributed by atoms with van der Waals surface area (Å²) < 4.78 is 0. The summed E-state index contributed by atoms with van der Waals surface area (Å²) >= 11 is 0. The fourth-order valence-corrected chi connectivity index (χ4v) is 3.30. The van der Waals surface area contributed by atoms with Crippen LogP contribution < -0.4 is 10.6 Å². The normalized spacial score (nSPS) is 23.3. The van der Waals surface area contributed by atoms with Crippen molar-refractivity contribution in [3.63, 3.8) is 0 Å².